The molecule has 1 aromatic carbocycles. The second-order valence-corrected chi connectivity index (χ2v) is 2.42. The Hall–Kier alpha value is -1.33. The van der Waals surface area contributed by atoms with Crippen LogP contribution in [0.4, 0.5) is 0 Å². The number of methoxy groups -OCH3 is 1. The van der Waals surface area contributed by atoms with Crippen LogP contribution >= 0.6 is 11.6 Å². The van der Waals surface area contributed by atoms with E-state index in [9.17, 15) is 0 Å². The maximum absolute atomic E-state index is 5.79. The van der Waals surface area contributed by atoms with Gasteiger partial charge in [-0.2, -0.15) is 0 Å². The summed E-state index contributed by atoms with van der Waals surface area (Å²) >= 11 is 5.79. The average molecular weight is 183 g/mol. The predicted octanol–water partition coefficient (Wildman–Crippen LogP) is 2.32. The molecule has 0 saturated heterocycles. The minimum Gasteiger partial charge on any atom is -0.497 e. The molecule has 0 aliphatic heterocycles. The molecule has 0 radical (unpaired) electrons. The van der Waals surface area contributed by atoms with Crippen LogP contribution in [0.2, 0.25) is 5.02 Å². The second-order valence-electron chi connectivity index (χ2n) is 2.02. The van der Waals surface area contributed by atoms with Gasteiger partial charge in [-0.15, -0.1) is 0 Å². The van der Waals surface area contributed by atoms with Gasteiger partial charge < -0.3 is 9.47 Å². The van der Waals surface area contributed by atoms with Gasteiger partial charge in [0.1, 0.15) is 11.9 Å². The zero-order valence-corrected chi connectivity index (χ0v) is 7.26. The molecule has 12 heavy (non-hydrogen) atoms. The van der Waals surface area contributed by atoms with Gasteiger partial charge in [-0.1, -0.05) is 18.0 Å². The van der Waals surface area contributed by atoms with Crippen LogP contribution in [0.1, 0.15) is 0 Å². The summed E-state index contributed by atoms with van der Waals surface area (Å²) in [6, 6.07) is 5.01. The molecule has 0 fully saturated rings. The highest BCUT2D eigenvalue weighted by atomic mass is 35.5. The molecule has 0 spiro atoms. The van der Waals surface area contributed by atoms with Gasteiger partial charge in [-0.3, -0.25) is 0 Å². The first-order valence-corrected chi connectivity index (χ1v) is 3.61. The topological polar surface area (TPSA) is 18.5 Å². The van der Waals surface area contributed by atoms with Crippen molar-refractivity contribution in [3.8, 4) is 24.0 Å². The lowest BCUT2D eigenvalue weighted by molar-refractivity contribution is 0.413. The van der Waals surface area contributed by atoms with Gasteiger partial charge in [0.15, 0.2) is 5.75 Å². The monoisotopic (exact) mass is 182 g/mol. The molecule has 0 N–H and O–H groups in total. The molecule has 1 aromatic rings. The van der Waals surface area contributed by atoms with E-state index in [-0.39, 0.29) is 0 Å². The summed E-state index contributed by atoms with van der Waals surface area (Å²) in [5, 5.41) is 0.437. The van der Waals surface area contributed by atoms with E-state index in [1.165, 1.54) is 0 Å². The zero-order valence-electron chi connectivity index (χ0n) is 6.50. The lowest BCUT2D eigenvalue weighted by Crippen LogP contribution is -1.85. The number of ether oxygens (including phenoxy) is 2. The minimum atomic E-state index is 0.437. The Morgan fingerprint density at radius 3 is 2.75 bits per heavy atom. The molecule has 0 bridgehead atoms. The van der Waals surface area contributed by atoms with E-state index in [1.54, 1.807) is 25.3 Å². The van der Waals surface area contributed by atoms with Gasteiger partial charge in [0.25, 0.3) is 0 Å². The largest absolute Gasteiger partial charge is 0.497 e. The maximum Gasteiger partial charge on any atom is 0.159 e. The fraction of sp³-hybridized carbons (Fsp3) is 0.111. The van der Waals surface area contributed by atoms with Gasteiger partial charge in [0.05, 0.1) is 12.1 Å². The van der Waals surface area contributed by atoms with Gasteiger partial charge in [-0.05, 0) is 12.1 Å². The molecular weight excluding hydrogens is 176 g/mol. The summed E-state index contributed by atoms with van der Waals surface area (Å²) < 4.78 is 9.71. The Labute approximate surface area is 76.1 Å². The fourth-order valence-electron chi connectivity index (χ4n) is 0.755. The lowest BCUT2D eigenvalue weighted by atomic mass is 10.3. The van der Waals surface area contributed by atoms with E-state index in [2.05, 4.69) is 0 Å². The predicted molar refractivity (Wildman–Crippen MR) is 47.5 cm³/mol. The molecule has 0 amide bonds. The highest BCUT2D eigenvalue weighted by Gasteiger charge is 2.01. The Morgan fingerprint density at radius 2 is 2.25 bits per heavy atom. The third-order valence-electron chi connectivity index (χ3n) is 1.31. The van der Waals surface area contributed by atoms with Crippen LogP contribution in [0.15, 0.2) is 18.2 Å². The van der Waals surface area contributed by atoms with Crippen molar-refractivity contribution >= 4 is 11.6 Å². The first kappa shape index (κ1) is 8.76. The summed E-state index contributed by atoms with van der Waals surface area (Å²) in [6.07, 6.45) is 6.97. The van der Waals surface area contributed by atoms with Crippen molar-refractivity contribution in [2.75, 3.05) is 7.11 Å². The molecule has 0 saturated carbocycles. The summed E-state index contributed by atoms with van der Waals surface area (Å²) in [5.41, 5.74) is 0. The smallest absolute Gasteiger partial charge is 0.159 e. The summed E-state index contributed by atoms with van der Waals surface area (Å²) in [7, 11) is 1.56. The summed E-state index contributed by atoms with van der Waals surface area (Å²) in [4.78, 5) is 0. The molecule has 0 aliphatic rings. The van der Waals surface area contributed by atoms with Crippen molar-refractivity contribution in [3.63, 3.8) is 0 Å². The molecule has 0 aliphatic carbocycles. The quantitative estimate of drug-likeness (QED) is 0.654. The number of halogens is 1. The van der Waals surface area contributed by atoms with Crippen LogP contribution in [0.3, 0.4) is 0 Å². The third-order valence-corrected chi connectivity index (χ3v) is 1.60. The van der Waals surface area contributed by atoms with Gasteiger partial charge in [-0.25, -0.2) is 0 Å². The summed E-state index contributed by atoms with van der Waals surface area (Å²) in [5.74, 6) is 1.13. The van der Waals surface area contributed by atoms with E-state index in [4.69, 9.17) is 27.5 Å². The van der Waals surface area contributed by atoms with Crippen LogP contribution in [-0.2, 0) is 0 Å². The number of benzene rings is 1. The first-order valence-electron chi connectivity index (χ1n) is 3.24. The minimum absolute atomic E-state index is 0.437. The van der Waals surface area contributed by atoms with Gasteiger partial charge >= 0.3 is 0 Å². The van der Waals surface area contributed by atoms with Crippen molar-refractivity contribution in [3.05, 3.63) is 23.2 Å². The number of hydrogen-bond donors (Lipinski definition) is 0. The summed E-state index contributed by atoms with van der Waals surface area (Å²) in [6.45, 7) is 0. The van der Waals surface area contributed by atoms with Crippen LogP contribution in [-0.4, -0.2) is 7.11 Å². The highest BCUT2D eigenvalue weighted by Crippen LogP contribution is 2.28. The molecule has 0 heterocycles. The van der Waals surface area contributed by atoms with Crippen molar-refractivity contribution < 1.29 is 9.47 Å². The van der Waals surface area contributed by atoms with E-state index >= 15 is 0 Å². The van der Waals surface area contributed by atoms with E-state index in [0.29, 0.717) is 16.5 Å². The molecule has 62 valence electrons. The van der Waals surface area contributed by atoms with Crippen molar-refractivity contribution in [2.45, 2.75) is 0 Å². The van der Waals surface area contributed by atoms with E-state index in [1.807, 2.05) is 6.11 Å². The van der Waals surface area contributed by atoms with Crippen LogP contribution < -0.4 is 9.47 Å². The van der Waals surface area contributed by atoms with Gasteiger partial charge in [0, 0.05) is 6.07 Å². The molecule has 1 rings (SSSR count). The SMILES string of the molecule is C#COc1ccc(OC)cc1Cl. The Balaban J connectivity index is 2.97. The maximum atomic E-state index is 5.79. The van der Waals surface area contributed by atoms with Crippen molar-refractivity contribution in [1.82, 2.24) is 0 Å². The Kier molecular flexibility index (Phi) is 2.84. The van der Waals surface area contributed by atoms with Crippen LogP contribution in [0, 0.1) is 12.5 Å². The lowest BCUT2D eigenvalue weighted by Gasteiger charge is -2.02. The number of terminal acetylenes is 1. The number of rotatable bonds is 2. The molecule has 0 aromatic heterocycles. The first-order chi connectivity index (χ1) is 5.77. The van der Waals surface area contributed by atoms with Crippen molar-refractivity contribution in [2.24, 2.45) is 0 Å². The fourth-order valence-corrected chi connectivity index (χ4v) is 0.964. The highest BCUT2D eigenvalue weighted by molar-refractivity contribution is 6.32. The van der Waals surface area contributed by atoms with E-state index < -0.39 is 0 Å². The molecular formula is C9H7ClO2. The third kappa shape index (κ3) is 1.84. The molecule has 2 nitrogen and oxygen atoms in total. The molecule has 0 unspecified atom stereocenters. The van der Waals surface area contributed by atoms with Crippen LogP contribution in [0.5, 0.6) is 11.5 Å². The molecule has 3 heteroatoms. The normalized spacial score (nSPS) is 8.75. The van der Waals surface area contributed by atoms with Crippen molar-refractivity contribution in [1.29, 1.82) is 0 Å². The zero-order chi connectivity index (χ0) is 8.97. The van der Waals surface area contributed by atoms with E-state index in [0.717, 1.165) is 0 Å². The number of hydrogen-bond acceptors (Lipinski definition) is 2. The Bertz CT molecular complexity index is 315. The standard InChI is InChI=1S/C9H7ClO2/c1-3-12-9-5-4-7(11-2)6-8(9)10/h1,4-6H,2H3. The average Bonchev–Trinajstić information content (AvgIpc) is 2.09. The van der Waals surface area contributed by atoms with Crippen LogP contribution in [0.25, 0.3) is 0 Å². The Morgan fingerprint density at radius 1 is 1.50 bits per heavy atom. The second kappa shape index (κ2) is 3.89. The van der Waals surface area contributed by atoms with Gasteiger partial charge in [0.2, 0.25) is 0 Å². The molecule has 0 atom stereocenters.